The SMILES string of the molecule is Cc1ccc(Oc2ccc(N3C[C@H](C(=O)OCC(=O)c4ccc(OC(=O)c5ccc(Br)cc5)cc4)CC3=O)cc2)cc1C. The maximum atomic E-state index is 12.7. The summed E-state index contributed by atoms with van der Waals surface area (Å²) in [6.45, 7) is 3.74. The minimum absolute atomic E-state index is 0.00759. The highest BCUT2D eigenvalue weighted by molar-refractivity contribution is 9.10. The third-order valence-corrected chi connectivity index (χ3v) is 7.66. The van der Waals surface area contributed by atoms with Crippen molar-refractivity contribution in [1.29, 1.82) is 0 Å². The van der Waals surface area contributed by atoms with E-state index in [1.165, 1.54) is 34.7 Å². The predicted molar refractivity (Wildman–Crippen MR) is 164 cm³/mol. The summed E-state index contributed by atoms with van der Waals surface area (Å²) in [7, 11) is 0. The minimum Gasteiger partial charge on any atom is -0.457 e. The fourth-order valence-corrected chi connectivity index (χ4v) is 4.79. The van der Waals surface area contributed by atoms with Gasteiger partial charge >= 0.3 is 11.9 Å². The molecule has 4 aromatic carbocycles. The quantitative estimate of drug-likeness (QED) is 0.112. The van der Waals surface area contributed by atoms with E-state index in [2.05, 4.69) is 15.9 Å². The molecular weight excluding hydrogens is 614 g/mol. The van der Waals surface area contributed by atoms with Crippen molar-refractivity contribution >= 4 is 45.2 Å². The lowest BCUT2D eigenvalue weighted by Crippen LogP contribution is -2.27. The van der Waals surface area contributed by atoms with Crippen molar-refractivity contribution in [3.63, 3.8) is 0 Å². The molecule has 218 valence electrons. The van der Waals surface area contributed by atoms with Gasteiger partial charge in [0.15, 0.2) is 12.4 Å². The van der Waals surface area contributed by atoms with E-state index in [9.17, 15) is 19.2 Å². The first-order chi connectivity index (χ1) is 20.7. The molecule has 1 saturated heterocycles. The van der Waals surface area contributed by atoms with Crippen LogP contribution in [0, 0.1) is 19.8 Å². The lowest BCUT2D eigenvalue weighted by molar-refractivity contribution is -0.147. The maximum absolute atomic E-state index is 12.7. The number of hydrogen-bond donors (Lipinski definition) is 0. The molecule has 0 radical (unpaired) electrons. The molecule has 1 aliphatic rings. The Labute approximate surface area is 257 Å². The van der Waals surface area contributed by atoms with E-state index in [1.54, 1.807) is 48.5 Å². The van der Waals surface area contributed by atoms with Gasteiger partial charge in [-0.3, -0.25) is 14.4 Å². The molecular formula is C34H28BrNO7. The van der Waals surface area contributed by atoms with Crippen molar-refractivity contribution in [2.24, 2.45) is 5.92 Å². The second kappa shape index (κ2) is 13.0. The molecule has 5 rings (SSSR count). The Kier molecular flexibility index (Phi) is 9.01. The van der Waals surface area contributed by atoms with Crippen molar-refractivity contribution in [2.75, 3.05) is 18.1 Å². The molecule has 0 aromatic heterocycles. The van der Waals surface area contributed by atoms with Crippen LogP contribution in [0.1, 0.15) is 38.3 Å². The second-order valence-corrected chi connectivity index (χ2v) is 11.1. The highest BCUT2D eigenvalue weighted by atomic mass is 79.9. The minimum atomic E-state index is -0.688. The zero-order chi connectivity index (χ0) is 30.5. The molecule has 0 spiro atoms. The molecule has 0 aliphatic carbocycles. The molecule has 1 aliphatic heterocycles. The first-order valence-electron chi connectivity index (χ1n) is 13.6. The number of Topliss-reactive ketones (excluding diaryl/α,β-unsaturated/α-hetero) is 1. The van der Waals surface area contributed by atoms with Crippen LogP contribution in [0.15, 0.2) is 95.5 Å². The molecule has 0 unspecified atom stereocenters. The van der Waals surface area contributed by atoms with Gasteiger partial charge in [-0.2, -0.15) is 0 Å². The van der Waals surface area contributed by atoms with Crippen LogP contribution in [0.3, 0.4) is 0 Å². The van der Waals surface area contributed by atoms with Crippen molar-refractivity contribution < 1.29 is 33.4 Å². The van der Waals surface area contributed by atoms with Crippen molar-refractivity contribution in [1.82, 2.24) is 0 Å². The zero-order valence-electron chi connectivity index (χ0n) is 23.5. The molecule has 9 heteroatoms. The second-order valence-electron chi connectivity index (χ2n) is 10.2. The Morgan fingerprint density at radius 2 is 1.42 bits per heavy atom. The maximum Gasteiger partial charge on any atom is 0.343 e. The zero-order valence-corrected chi connectivity index (χ0v) is 25.1. The smallest absolute Gasteiger partial charge is 0.343 e. The summed E-state index contributed by atoms with van der Waals surface area (Å²) in [5, 5.41) is 0. The fourth-order valence-electron chi connectivity index (χ4n) is 4.52. The normalized spacial score (nSPS) is 14.3. The fraction of sp³-hybridized carbons (Fsp3) is 0.176. The molecule has 4 aromatic rings. The molecule has 0 N–H and O–H groups in total. The lowest BCUT2D eigenvalue weighted by atomic mass is 10.1. The number of amides is 1. The molecule has 0 bridgehead atoms. The summed E-state index contributed by atoms with van der Waals surface area (Å²) in [6, 6.07) is 25.7. The summed E-state index contributed by atoms with van der Waals surface area (Å²) in [6.07, 6.45) is -0.00759. The van der Waals surface area contributed by atoms with Gasteiger partial charge in [0.1, 0.15) is 17.2 Å². The summed E-state index contributed by atoms with van der Waals surface area (Å²) in [5.41, 5.74) is 3.64. The van der Waals surface area contributed by atoms with Gasteiger partial charge in [0.05, 0.1) is 11.5 Å². The summed E-state index contributed by atoms with van der Waals surface area (Å²) in [4.78, 5) is 51.8. The third kappa shape index (κ3) is 7.37. The number of anilines is 1. The van der Waals surface area contributed by atoms with Crippen LogP contribution in [-0.4, -0.2) is 36.8 Å². The number of esters is 2. The van der Waals surface area contributed by atoms with Gasteiger partial charge in [0, 0.05) is 28.7 Å². The number of rotatable bonds is 9. The van der Waals surface area contributed by atoms with Gasteiger partial charge < -0.3 is 19.1 Å². The number of carbonyl (C=O) groups is 4. The van der Waals surface area contributed by atoms with Gasteiger partial charge in [-0.15, -0.1) is 0 Å². The van der Waals surface area contributed by atoms with Gasteiger partial charge in [-0.25, -0.2) is 4.79 Å². The average molecular weight is 643 g/mol. The lowest BCUT2D eigenvalue weighted by Gasteiger charge is -2.17. The monoisotopic (exact) mass is 641 g/mol. The Balaban J connectivity index is 1.11. The van der Waals surface area contributed by atoms with Crippen LogP contribution in [0.25, 0.3) is 0 Å². The number of hydrogen-bond acceptors (Lipinski definition) is 7. The van der Waals surface area contributed by atoms with Crippen molar-refractivity contribution in [2.45, 2.75) is 20.3 Å². The number of ketones is 1. The van der Waals surface area contributed by atoms with E-state index in [0.717, 1.165) is 15.8 Å². The van der Waals surface area contributed by atoms with Crippen LogP contribution in [-0.2, 0) is 14.3 Å². The Hall–Kier alpha value is -4.76. The highest BCUT2D eigenvalue weighted by Crippen LogP contribution is 2.30. The van der Waals surface area contributed by atoms with Crippen LogP contribution in [0.5, 0.6) is 17.2 Å². The van der Waals surface area contributed by atoms with E-state index in [1.807, 2.05) is 32.0 Å². The molecule has 1 fully saturated rings. The van der Waals surface area contributed by atoms with Crippen LogP contribution in [0.4, 0.5) is 5.69 Å². The Bertz CT molecular complexity index is 1660. The van der Waals surface area contributed by atoms with Crippen molar-refractivity contribution in [3.8, 4) is 17.2 Å². The van der Waals surface area contributed by atoms with Crippen LogP contribution in [0.2, 0.25) is 0 Å². The number of halogens is 1. The molecule has 1 heterocycles. The van der Waals surface area contributed by atoms with Gasteiger partial charge in [-0.1, -0.05) is 22.0 Å². The molecule has 8 nitrogen and oxygen atoms in total. The van der Waals surface area contributed by atoms with Gasteiger partial charge in [0.25, 0.3) is 0 Å². The third-order valence-electron chi connectivity index (χ3n) is 7.13. The number of nitrogens with zero attached hydrogens (tertiary/aromatic N) is 1. The Morgan fingerprint density at radius 1 is 0.791 bits per heavy atom. The summed E-state index contributed by atoms with van der Waals surface area (Å²) >= 11 is 3.32. The van der Waals surface area contributed by atoms with E-state index in [4.69, 9.17) is 14.2 Å². The first kappa shape index (κ1) is 29.7. The first-order valence-corrected chi connectivity index (χ1v) is 14.4. The molecule has 1 atom stereocenters. The van der Waals surface area contributed by atoms with Crippen molar-refractivity contribution in [3.05, 3.63) is 118 Å². The van der Waals surface area contributed by atoms with E-state index >= 15 is 0 Å². The van der Waals surface area contributed by atoms with E-state index in [-0.39, 0.29) is 24.6 Å². The molecule has 1 amide bonds. The topological polar surface area (TPSA) is 99.2 Å². The van der Waals surface area contributed by atoms with Gasteiger partial charge in [-0.05, 0) is 110 Å². The summed E-state index contributed by atoms with van der Waals surface area (Å²) in [5.74, 6) is -0.821. The van der Waals surface area contributed by atoms with E-state index in [0.29, 0.717) is 22.6 Å². The van der Waals surface area contributed by atoms with Gasteiger partial charge in [0.2, 0.25) is 5.91 Å². The largest absolute Gasteiger partial charge is 0.457 e. The average Bonchev–Trinajstić information content (AvgIpc) is 3.40. The predicted octanol–water partition coefficient (Wildman–Crippen LogP) is 6.86. The summed E-state index contributed by atoms with van der Waals surface area (Å²) < 4.78 is 17.4. The molecule has 43 heavy (non-hydrogen) atoms. The molecule has 0 saturated carbocycles. The number of benzene rings is 4. The Morgan fingerprint density at radius 3 is 2.09 bits per heavy atom. The number of aryl methyl sites for hydroxylation is 2. The number of ether oxygens (including phenoxy) is 3. The van der Waals surface area contributed by atoms with Crippen LogP contribution < -0.4 is 14.4 Å². The standard InChI is InChI=1S/C34H28BrNO7/c1-21-3-12-30(17-22(21)2)42-28-15-10-27(11-16-28)36-19-25(18-32(36)38)33(39)41-20-31(37)23-6-13-29(14-7-23)43-34(40)24-4-8-26(35)9-5-24/h3-17,25H,18-20H2,1-2H3/t25-/m1/s1. The van der Waals surface area contributed by atoms with Crippen LogP contribution >= 0.6 is 15.9 Å². The highest BCUT2D eigenvalue weighted by Gasteiger charge is 2.36. The number of carbonyl (C=O) groups excluding carboxylic acids is 4. The van der Waals surface area contributed by atoms with E-state index < -0.39 is 30.2 Å².